The van der Waals surface area contributed by atoms with Crippen LogP contribution in [0.25, 0.3) is 33.4 Å². The largest absolute Gasteiger partial charge is 0.465 e. The van der Waals surface area contributed by atoms with Crippen molar-refractivity contribution in [1.82, 2.24) is 24.4 Å². The summed E-state index contributed by atoms with van der Waals surface area (Å²) < 4.78 is 41.6. The highest BCUT2D eigenvalue weighted by Gasteiger charge is 2.53. The first-order valence-electron chi connectivity index (χ1n) is 11.7. The monoisotopic (exact) mass is 527 g/mol. The second-order valence-electron chi connectivity index (χ2n) is 9.95. The Labute approximate surface area is 214 Å². The van der Waals surface area contributed by atoms with Crippen LogP contribution in [0, 0.1) is 0 Å². The fourth-order valence-electron chi connectivity index (χ4n) is 5.55. The van der Waals surface area contributed by atoms with Gasteiger partial charge >= 0.3 is 12.3 Å². The van der Waals surface area contributed by atoms with Gasteiger partial charge in [-0.25, -0.2) is 9.78 Å². The molecule has 1 amide bonds. The summed E-state index contributed by atoms with van der Waals surface area (Å²) in [5, 5.41) is 22.2. The van der Waals surface area contributed by atoms with Crippen molar-refractivity contribution in [2.45, 2.75) is 43.6 Å². The Morgan fingerprint density at radius 1 is 1.11 bits per heavy atom. The number of alkyl halides is 3. The van der Waals surface area contributed by atoms with Crippen molar-refractivity contribution in [2.75, 3.05) is 0 Å². The number of hydrogen-bond donors (Lipinski definition) is 3. The molecule has 0 aliphatic heterocycles. The first-order valence-corrected chi connectivity index (χ1v) is 11.7. The third kappa shape index (κ3) is 4.40. The molecule has 0 spiro atoms. The van der Waals surface area contributed by atoms with Gasteiger partial charge in [0, 0.05) is 37.8 Å². The van der Waals surface area contributed by atoms with E-state index in [0.29, 0.717) is 32.5 Å². The SMILES string of the molecule is Cn1c(-c2ccc([C@]3(NC(=O)O)C[C@@](C)(O)C3)cc2)c(-c2ccncc2)c2c(=O)n(CC(F)(F)F)cnc21. The molecule has 1 aliphatic carbocycles. The van der Waals surface area contributed by atoms with Crippen molar-refractivity contribution in [3.05, 3.63) is 71.0 Å². The maximum absolute atomic E-state index is 13.3. The summed E-state index contributed by atoms with van der Waals surface area (Å²) in [5.41, 5.74) is 0.278. The quantitative estimate of drug-likeness (QED) is 0.360. The van der Waals surface area contributed by atoms with Gasteiger partial charge in [-0.2, -0.15) is 13.2 Å². The van der Waals surface area contributed by atoms with E-state index in [-0.39, 0.29) is 23.9 Å². The molecule has 1 fully saturated rings. The average molecular weight is 528 g/mol. The molecule has 5 rings (SSSR count). The zero-order chi connectivity index (χ0) is 27.5. The lowest BCUT2D eigenvalue weighted by molar-refractivity contribution is -0.141. The Balaban J connectivity index is 1.69. The molecule has 9 nitrogen and oxygen atoms in total. The lowest BCUT2D eigenvalue weighted by Crippen LogP contribution is -2.61. The van der Waals surface area contributed by atoms with Crippen LogP contribution in [-0.4, -0.2) is 47.2 Å². The normalized spacial score (nSPS) is 21.3. The average Bonchev–Trinajstić information content (AvgIpc) is 3.12. The lowest BCUT2D eigenvalue weighted by Gasteiger charge is -2.51. The van der Waals surface area contributed by atoms with Gasteiger partial charge in [0.15, 0.2) is 0 Å². The number of fused-ring (bicyclic) bond motifs is 1. The Kier molecular flexibility index (Phi) is 5.82. The number of pyridine rings is 1. The number of aromatic nitrogens is 4. The van der Waals surface area contributed by atoms with E-state index < -0.39 is 35.5 Å². The van der Waals surface area contributed by atoms with Crippen LogP contribution in [0.3, 0.4) is 0 Å². The Morgan fingerprint density at radius 2 is 1.74 bits per heavy atom. The topological polar surface area (TPSA) is 122 Å². The number of aliphatic hydroxyl groups is 1. The van der Waals surface area contributed by atoms with Gasteiger partial charge in [0.1, 0.15) is 18.5 Å². The molecule has 0 bridgehead atoms. The van der Waals surface area contributed by atoms with E-state index >= 15 is 0 Å². The highest BCUT2D eigenvalue weighted by Crippen LogP contribution is 2.48. The molecule has 3 N–H and O–H groups in total. The number of carbonyl (C=O) groups is 1. The zero-order valence-electron chi connectivity index (χ0n) is 20.5. The second-order valence-corrected chi connectivity index (χ2v) is 9.95. The van der Waals surface area contributed by atoms with E-state index in [9.17, 15) is 33.0 Å². The van der Waals surface area contributed by atoms with Crippen LogP contribution in [0.15, 0.2) is 59.9 Å². The van der Waals surface area contributed by atoms with E-state index in [1.807, 2.05) is 0 Å². The van der Waals surface area contributed by atoms with Gasteiger partial charge in [-0.15, -0.1) is 0 Å². The number of halogens is 3. The van der Waals surface area contributed by atoms with Crippen LogP contribution in [0.1, 0.15) is 25.3 Å². The molecule has 3 aromatic heterocycles. The molecule has 38 heavy (non-hydrogen) atoms. The van der Waals surface area contributed by atoms with Crippen LogP contribution >= 0.6 is 0 Å². The van der Waals surface area contributed by atoms with Crippen molar-refractivity contribution >= 4 is 17.1 Å². The number of hydrogen-bond acceptors (Lipinski definition) is 5. The second kappa shape index (κ2) is 8.69. The molecule has 0 atom stereocenters. The van der Waals surface area contributed by atoms with Gasteiger partial charge in [0.2, 0.25) is 0 Å². The van der Waals surface area contributed by atoms with Gasteiger partial charge in [-0.3, -0.25) is 14.3 Å². The minimum absolute atomic E-state index is 0.0450. The molecule has 0 radical (unpaired) electrons. The van der Waals surface area contributed by atoms with Gasteiger partial charge in [0.05, 0.1) is 22.2 Å². The predicted molar refractivity (Wildman–Crippen MR) is 132 cm³/mol. The van der Waals surface area contributed by atoms with Crippen molar-refractivity contribution < 1.29 is 28.2 Å². The minimum atomic E-state index is -4.60. The van der Waals surface area contributed by atoms with Crippen molar-refractivity contribution in [3.8, 4) is 22.4 Å². The molecule has 3 heterocycles. The van der Waals surface area contributed by atoms with Crippen LogP contribution < -0.4 is 10.9 Å². The van der Waals surface area contributed by atoms with E-state index in [4.69, 9.17) is 0 Å². The number of aryl methyl sites for hydroxylation is 1. The zero-order valence-corrected chi connectivity index (χ0v) is 20.5. The Bertz CT molecular complexity index is 1580. The van der Waals surface area contributed by atoms with E-state index in [2.05, 4.69) is 15.3 Å². The first kappa shape index (κ1) is 25.5. The summed E-state index contributed by atoms with van der Waals surface area (Å²) in [5.74, 6) is 0. The van der Waals surface area contributed by atoms with Crippen molar-refractivity contribution in [3.63, 3.8) is 0 Å². The highest BCUT2D eigenvalue weighted by molar-refractivity contribution is 6.02. The van der Waals surface area contributed by atoms with Crippen LogP contribution in [0.5, 0.6) is 0 Å². The van der Waals surface area contributed by atoms with Crippen LogP contribution in [-0.2, 0) is 19.1 Å². The van der Waals surface area contributed by atoms with Gasteiger partial charge in [0.25, 0.3) is 5.56 Å². The van der Waals surface area contributed by atoms with E-state index in [1.54, 1.807) is 54.9 Å². The molecule has 1 aliphatic rings. The minimum Gasteiger partial charge on any atom is -0.465 e. The number of benzene rings is 1. The maximum atomic E-state index is 13.3. The summed E-state index contributed by atoms with van der Waals surface area (Å²) >= 11 is 0. The van der Waals surface area contributed by atoms with Gasteiger partial charge < -0.3 is 20.1 Å². The Hall–Kier alpha value is -4.19. The van der Waals surface area contributed by atoms with E-state index in [1.165, 1.54) is 12.4 Å². The van der Waals surface area contributed by atoms with Gasteiger partial charge in [-0.1, -0.05) is 24.3 Å². The standard InChI is InChI=1S/C26H24F3N5O4/c1-24(38)11-25(12-24,32-23(36)37)17-5-3-16(4-6-17)20-18(15-7-9-30-10-8-15)19-21(33(20)2)31-14-34(22(19)35)13-26(27,28)29/h3-10,14,32,38H,11-13H2,1-2H3,(H,36,37)/t24-,25+. The number of nitrogens with one attached hydrogen (secondary N) is 1. The predicted octanol–water partition coefficient (Wildman–Crippen LogP) is 4.03. The van der Waals surface area contributed by atoms with Crippen LogP contribution in [0.4, 0.5) is 18.0 Å². The number of nitrogens with zero attached hydrogens (tertiary/aromatic N) is 4. The summed E-state index contributed by atoms with van der Waals surface area (Å²) in [6.07, 6.45) is -1.47. The molecular formula is C26H24F3N5O4. The van der Waals surface area contributed by atoms with Crippen molar-refractivity contribution in [2.24, 2.45) is 7.05 Å². The van der Waals surface area contributed by atoms with Gasteiger partial charge in [-0.05, 0) is 35.7 Å². The fraction of sp³-hybridized carbons (Fsp3) is 0.308. The molecule has 1 saturated carbocycles. The summed E-state index contributed by atoms with van der Waals surface area (Å²) in [6.45, 7) is 0.171. The molecular weight excluding hydrogens is 503 g/mol. The Morgan fingerprint density at radius 3 is 2.29 bits per heavy atom. The summed E-state index contributed by atoms with van der Waals surface area (Å²) in [6, 6.07) is 10.3. The number of amides is 1. The fourth-order valence-corrected chi connectivity index (χ4v) is 5.55. The summed E-state index contributed by atoms with van der Waals surface area (Å²) in [4.78, 5) is 33.0. The van der Waals surface area contributed by atoms with Crippen molar-refractivity contribution in [1.29, 1.82) is 0 Å². The molecule has 1 aromatic carbocycles. The maximum Gasteiger partial charge on any atom is 0.406 e. The third-order valence-corrected chi connectivity index (χ3v) is 6.90. The lowest BCUT2D eigenvalue weighted by atomic mass is 9.62. The third-order valence-electron chi connectivity index (χ3n) is 6.90. The van der Waals surface area contributed by atoms with Crippen LogP contribution in [0.2, 0.25) is 0 Å². The molecule has 4 aromatic rings. The highest BCUT2D eigenvalue weighted by atomic mass is 19.4. The summed E-state index contributed by atoms with van der Waals surface area (Å²) in [7, 11) is 1.67. The molecule has 12 heteroatoms. The molecule has 0 saturated heterocycles. The number of rotatable bonds is 5. The van der Waals surface area contributed by atoms with E-state index in [0.717, 1.165) is 6.33 Å². The first-order chi connectivity index (χ1) is 17.8. The molecule has 0 unspecified atom stereocenters. The molecule has 198 valence electrons. The number of carboxylic acid groups (broad SMARTS) is 1. The smallest absolute Gasteiger partial charge is 0.406 e.